The molecule has 0 aliphatic rings. The van der Waals surface area contributed by atoms with Gasteiger partial charge in [-0.2, -0.15) is 0 Å². The fourth-order valence-corrected chi connectivity index (χ4v) is 2.21. The average Bonchev–Trinajstić information content (AvgIpc) is 2.34. The first-order valence-corrected chi connectivity index (χ1v) is 7.02. The third-order valence-corrected chi connectivity index (χ3v) is 3.27. The molecule has 0 amide bonds. The SMILES string of the molecule is CC(=O)c1ccc(OCCN(C(C)C)C(C)C)c(F)c1. The van der Waals surface area contributed by atoms with Crippen molar-refractivity contribution in [1.82, 2.24) is 4.90 Å². The van der Waals surface area contributed by atoms with Crippen LogP contribution in [0.25, 0.3) is 0 Å². The second-order valence-electron chi connectivity index (χ2n) is 5.48. The van der Waals surface area contributed by atoms with Crippen LogP contribution in [0.3, 0.4) is 0 Å². The fraction of sp³-hybridized carbons (Fsp3) is 0.562. The van der Waals surface area contributed by atoms with E-state index in [0.29, 0.717) is 24.3 Å². The summed E-state index contributed by atoms with van der Waals surface area (Å²) in [5.41, 5.74) is 0.362. The van der Waals surface area contributed by atoms with E-state index in [1.807, 2.05) is 0 Å². The van der Waals surface area contributed by atoms with Gasteiger partial charge in [-0.25, -0.2) is 4.39 Å². The Morgan fingerprint density at radius 1 is 1.25 bits per heavy atom. The van der Waals surface area contributed by atoms with E-state index in [1.165, 1.54) is 19.1 Å². The average molecular weight is 281 g/mol. The minimum atomic E-state index is -0.488. The number of rotatable bonds is 7. The van der Waals surface area contributed by atoms with E-state index in [1.54, 1.807) is 6.07 Å². The Hall–Kier alpha value is -1.42. The normalized spacial score (nSPS) is 11.4. The Morgan fingerprint density at radius 3 is 2.30 bits per heavy atom. The second-order valence-corrected chi connectivity index (χ2v) is 5.48. The summed E-state index contributed by atoms with van der Waals surface area (Å²) in [6.45, 7) is 11.1. The lowest BCUT2D eigenvalue weighted by molar-refractivity contribution is 0.101. The maximum Gasteiger partial charge on any atom is 0.165 e. The number of ketones is 1. The summed E-state index contributed by atoms with van der Waals surface area (Å²) in [7, 11) is 0. The third-order valence-electron chi connectivity index (χ3n) is 3.27. The number of ether oxygens (including phenoxy) is 1. The lowest BCUT2D eigenvalue weighted by atomic mass is 10.1. The number of benzene rings is 1. The summed E-state index contributed by atoms with van der Waals surface area (Å²) in [5, 5.41) is 0. The summed E-state index contributed by atoms with van der Waals surface area (Å²) >= 11 is 0. The lowest BCUT2D eigenvalue weighted by Gasteiger charge is -2.30. The van der Waals surface area contributed by atoms with Gasteiger partial charge in [-0.15, -0.1) is 0 Å². The van der Waals surface area contributed by atoms with Gasteiger partial charge in [0.05, 0.1) is 0 Å². The zero-order valence-corrected chi connectivity index (χ0v) is 12.9. The van der Waals surface area contributed by atoms with Crippen molar-refractivity contribution in [3.63, 3.8) is 0 Å². The molecule has 112 valence electrons. The molecule has 1 rings (SSSR count). The van der Waals surface area contributed by atoms with E-state index in [0.717, 1.165) is 6.54 Å². The van der Waals surface area contributed by atoms with Gasteiger partial charge in [0.1, 0.15) is 6.61 Å². The van der Waals surface area contributed by atoms with E-state index in [-0.39, 0.29) is 11.5 Å². The molecule has 0 heterocycles. The predicted molar refractivity (Wildman–Crippen MR) is 78.9 cm³/mol. The van der Waals surface area contributed by atoms with Gasteiger partial charge in [0, 0.05) is 24.2 Å². The quantitative estimate of drug-likeness (QED) is 0.716. The monoisotopic (exact) mass is 281 g/mol. The molecule has 0 bridgehead atoms. The summed E-state index contributed by atoms with van der Waals surface area (Å²) in [6, 6.07) is 5.16. The van der Waals surface area contributed by atoms with Crippen molar-refractivity contribution in [1.29, 1.82) is 0 Å². The number of Topliss-reactive ketones (excluding diaryl/α,β-unsaturated/α-hetero) is 1. The van der Waals surface area contributed by atoms with Crippen molar-refractivity contribution in [3.8, 4) is 5.75 Å². The Bertz CT molecular complexity index is 450. The molecule has 3 nitrogen and oxygen atoms in total. The summed E-state index contributed by atoms with van der Waals surface area (Å²) in [4.78, 5) is 13.4. The number of nitrogens with zero attached hydrogens (tertiary/aromatic N) is 1. The zero-order chi connectivity index (χ0) is 15.3. The van der Waals surface area contributed by atoms with Gasteiger partial charge in [0.25, 0.3) is 0 Å². The standard InChI is InChI=1S/C16H24FNO2/c1-11(2)18(12(3)4)8-9-20-16-7-6-14(13(5)19)10-15(16)17/h6-7,10-12H,8-9H2,1-5H3. The van der Waals surface area contributed by atoms with Gasteiger partial charge < -0.3 is 4.74 Å². The molecular weight excluding hydrogens is 257 g/mol. The van der Waals surface area contributed by atoms with Crippen LogP contribution >= 0.6 is 0 Å². The van der Waals surface area contributed by atoms with Crippen LogP contribution in [0.15, 0.2) is 18.2 Å². The van der Waals surface area contributed by atoms with E-state index in [4.69, 9.17) is 4.74 Å². The molecule has 0 spiro atoms. The zero-order valence-electron chi connectivity index (χ0n) is 12.9. The molecule has 0 saturated carbocycles. The van der Waals surface area contributed by atoms with Gasteiger partial charge in [0.15, 0.2) is 17.3 Å². The molecule has 0 saturated heterocycles. The van der Waals surface area contributed by atoms with Crippen LogP contribution in [0.2, 0.25) is 0 Å². The van der Waals surface area contributed by atoms with Gasteiger partial charge in [-0.1, -0.05) is 0 Å². The molecule has 4 heteroatoms. The Morgan fingerprint density at radius 2 is 1.85 bits per heavy atom. The molecule has 0 aliphatic carbocycles. The molecule has 0 unspecified atom stereocenters. The van der Waals surface area contributed by atoms with Crippen molar-refractivity contribution in [3.05, 3.63) is 29.6 Å². The number of halogens is 1. The third kappa shape index (κ3) is 4.60. The lowest BCUT2D eigenvalue weighted by Crippen LogP contribution is -2.39. The molecule has 0 fully saturated rings. The molecule has 0 N–H and O–H groups in total. The predicted octanol–water partition coefficient (Wildman–Crippen LogP) is 3.53. The van der Waals surface area contributed by atoms with E-state index in [9.17, 15) is 9.18 Å². The first-order valence-electron chi connectivity index (χ1n) is 7.02. The summed E-state index contributed by atoms with van der Waals surface area (Å²) < 4.78 is 19.2. The smallest absolute Gasteiger partial charge is 0.165 e. The number of hydrogen-bond acceptors (Lipinski definition) is 3. The van der Waals surface area contributed by atoms with Gasteiger partial charge in [-0.05, 0) is 52.8 Å². The fourth-order valence-electron chi connectivity index (χ4n) is 2.21. The Kier molecular flexibility index (Phi) is 6.14. The molecule has 0 radical (unpaired) electrons. The van der Waals surface area contributed by atoms with E-state index >= 15 is 0 Å². The number of carbonyl (C=O) groups excluding carboxylic acids is 1. The molecule has 0 atom stereocenters. The summed E-state index contributed by atoms with van der Waals surface area (Å²) in [6.07, 6.45) is 0. The summed E-state index contributed by atoms with van der Waals surface area (Å²) in [5.74, 6) is -0.443. The van der Waals surface area contributed by atoms with Crippen LogP contribution in [0.4, 0.5) is 4.39 Å². The number of hydrogen-bond donors (Lipinski definition) is 0. The molecule has 20 heavy (non-hydrogen) atoms. The molecule has 0 aliphatic heterocycles. The molecule has 0 aromatic heterocycles. The van der Waals surface area contributed by atoms with E-state index in [2.05, 4.69) is 32.6 Å². The van der Waals surface area contributed by atoms with Crippen LogP contribution in [0.5, 0.6) is 5.75 Å². The maximum absolute atomic E-state index is 13.8. The van der Waals surface area contributed by atoms with Gasteiger partial charge >= 0.3 is 0 Å². The van der Waals surface area contributed by atoms with Crippen LogP contribution in [0.1, 0.15) is 45.0 Å². The Balaban J connectivity index is 2.60. The van der Waals surface area contributed by atoms with Crippen molar-refractivity contribution in [2.24, 2.45) is 0 Å². The second kappa shape index (κ2) is 7.39. The van der Waals surface area contributed by atoms with Gasteiger partial charge in [-0.3, -0.25) is 9.69 Å². The van der Waals surface area contributed by atoms with Crippen molar-refractivity contribution >= 4 is 5.78 Å². The molecular formula is C16H24FNO2. The first-order chi connectivity index (χ1) is 9.32. The highest BCUT2D eigenvalue weighted by Crippen LogP contribution is 2.19. The van der Waals surface area contributed by atoms with Crippen LogP contribution in [-0.4, -0.2) is 35.9 Å². The minimum Gasteiger partial charge on any atom is -0.489 e. The largest absolute Gasteiger partial charge is 0.489 e. The molecule has 1 aromatic carbocycles. The van der Waals surface area contributed by atoms with Crippen molar-refractivity contribution < 1.29 is 13.9 Å². The van der Waals surface area contributed by atoms with E-state index < -0.39 is 5.82 Å². The van der Waals surface area contributed by atoms with Crippen molar-refractivity contribution in [2.75, 3.05) is 13.2 Å². The van der Waals surface area contributed by atoms with Gasteiger partial charge in [0.2, 0.25) is 0 Å². The topological polar surface area (TPSA) is 29.5 Å². The highest BCUT2D eigenvalue weighted by atomic mass is 19.1. The van der Waals surface area contributed by atoms with Crippen LogP contribution < -0.4 is 4.74 Å². The Labute approximate surface area is 120 Å². The van der Waals surface area contributed by atoms with Crippen LogP contribution in [-0.2, 0) is 0 Å². The highest BCUT2D eigenvalue weighted by molar-refractivity contribution is 5.94. The first kappa shape index (κ1) is 16.6. The van der Waals surface area contributed by atoms with Crippen molar-refractivity contribution in [2.45, 2.75) is 46.7 Å². The molecule has 1 aromatic rings. The highest BCUT2D eigenvalue weighted by Gasteiger charge is 2.13. The van der Waals surface area contributed by atoms with Crippen LogP contribution in [0, 0.1) is 5.82 Å². The minimum absolute atomic E-state index is 0.152. The maximum atomic E-state index is 13.8. The number of carbonyl (C=O) groups is 1.